The van der Waals surface area contributed by atoms with Crippen molar-refractivity contribution in [3.05, 3.63) is 75.7 Å². The third-order valence-corrected chi connectivity index (χ3v) is 2.85. The lowest BCUT2D eigenvalue weighted by Crippen LogP contribution is -2.08. The molecular weight excluding hydrogens is 293 g/mol. The molecule has 0 saturated carbocycles. The van der Waals surface area contributed by atoms with E-state index in [1.54, 1.807) is 0 Å². The van der Waals surface area contributed by atoms with Crippen LogP contribution in [0.25, 0.3) is 0 Å². The Morgan fingerprint density at radius 3 is 2.00 bits per heavy atom. The summed E-state index contributed by atoms with van der Waals surface area (Å²) in [6.45, 7) is 0. The predicted octanol–water partition coefficient (Wildman–Crippen LogP) is 4.84. The highest BCUT2D eigenvalue weighted by Crippen LogP contribution is 2.34. The summed E-state index contributed by atoms with van der Waals surface area (Å²) in [6.07, 6.45) is -4.74. The molecule has 0 N–H and O–H groups in total. The van der Waals surface area contributed by atoms with Crippen molar-refractivity contribution in [3.8, 4) is 0 Å². The van der Waals surface area contributed by atoms with Crippen LogP contribution in [-0.4, -0.2) is 0 Å². The zero-order valence-electron chi connectivity index (χ0n) is 10.4. The fourth-order valence-electron chi connectivity index (χ4n) is 1.89. The van der Waals surface area contributed by atoms with Gasteiger partial charge >= 0.3 is 6.18 Å². The Hall–Kier alpha value is -2.31. The minimum atomic E-state index is -4.74. The van der Waals surface area contributed by atoms with Gasteiger partial charge in [0.05, 0.1) is 5.56 Å². The maximum Gasteiger partial charge on any atom is 0.416 e. The summed E-state index contributed by atoms with van der Waals surface area (Å²) in [7, 11) is 0. The van der Waals surface area contributed by atoms with E-state index in [-0.39, 0.29) is 11.1 Å². The summed E-state index contributed by atoms with van der Waals surface area (Å²) in [6, 6.07) is 4.93. The van der Waals surface area contributed by atoms with Gasteiger partial charge in [0.25, 0.3) is 0 Å². The lowest BCUT2D eigenvalue weighted by atomic mass is 9.97. The van der Waals surface area contributed by atoms with Gasteiger partial charge in [-0.3, -0.25) is 0 Å². The van der Waals surface area contributed by atoms with Crippen LogP contribution in [0.5, 0.6) is 0 Å². The number of hydrogen-bond acceptors (Lipinski definition) is 2. The highest BCUT2D eigenvalue weighted by Gasteiger charge is 2.32. The van der Waals surface area contributed by atoms with E-state index in [1.807, 2.05) is 0 Å². The van der Waals surface area contributed by atoms with E-state index in [2.05, 4.69) is 5.18 Å². The lowest BCUT2D eigenvalue weighted by Gasteiger charge is -2.13. The Labute approximate surface area is 116 Å². The van der Waals surface area contributed by atoms with E-state index in [4.69, 9.17) is 0 Å². The Bertz CT molecular complexity index is 651. The molecule has 110 valence electrons. The first kappa shape index (κ1) is 15.1. The molecule has 0 radical (unpaired) electrons. The van der Waals surface area contributed by atoms with Crippen LogP contribution in [0.1, 0.15) is 22.7 Å². The lowest BCUT2D eigenvalue weighted by molar-refractivity contribution is -0.137. The summed E-state index contributed by atoms with van der Waals surface area (Å²) in [5.41, 5.74) is -1.29. The maximum atomic E-state index is 13.3. The van der Waals surface area contributed by atoms with Crippen molar-refractivity contribution in [2.75, 3.05) is 0 Å². The van der Waals surface area contributed by atoms with Crippen LogP contribution in [0.4, 0.5) is 22.0 Å². The van der Waals surface area contributed by atoms with Crippen molar-refractivity contribution < 1.29 is 22.0 Å². The number of benzene rings is 2. The molecule has 0 bridgehead atoms. The number of rotatable bonds is 3. The highest BCUT2D eigenvalue weighted by molar-refractivity contribution is 5.36. The molecule has 7 heteroatoms. The van der Waals surface area contributed by atoms with Crippen LogP contribution >= 0.6 is 0 Å². The molecule has 0 aliphatic rings. The monoisotopic (exact) mass is 301 g/mol. The first-order valence-corrected chi connectivity index (χ1v) is 5.77. The van der Waals surface area contributed by atoms with E-state index in [1.165, 1.54) is 12.1 Å². The van der Waals surface area contributed by atoms with E-state index in [9.17, 15) is 26.9 Å². The van der Waals surface area contributed by atoms with E-state index < -0.39 is 29.4 Å². The first-order chi connectivity index (χ1) is 9.81. The smallest absolute Gasteiger partial charge is 0.207 e. The molecule has 2 aromatic carbocycles. The molecule has 1 unspecified atom stereocenters. The Balaban J connectivity index is 2.50. The largest absolute Gasteiger partial charge is 0.416 e. The molecule has 0 heterocycles. The van der Waals surface area contributed by atoms with Crippen LogP contribution in [0.2, 0.25) is 0 Å². The maximum absolute atomic E-state index is 13.3. The van der Waals surface area contributed by atoms with Gasteiger partial charge in [0.15, 0.2) is 0 Å². The van der Waals surface area contributed by atoms with E-state index >= 15 is 0 Å². The van der Waals surface area contributed by atoms with Gasteiger partial charge < -0.3 is 0 Å². The quantitative estimate of drug-likeness (QED) is 0.589. The van der Waals surface area contributed by atoms with Crippen molar-refractivity contribution in [3.63, 3.8) is 0 Å². The fraction of sp³-hybridized carbons (Fsp3) is 0.143. The molecule has 2 nitrogen and oxygen atoms in total. The third-order valence-electron chi connectivity index (χ3n) is 2.85. The second-order valence-corrected chi connectivity index (χ2v) is 4.33. The Kier molecular flexibility index (Phi) is 4.02. The SMILES string of the molecule is O=NC(c1ccc(F)cc1)c1cc(F)cc(C(F)(F)F)c1. The summed E-state index contributed by atoms with van der Waals surface area (Å²) in [5, 5.41) is 2.72. The highest BCUT2D eigenvalue weighted by atomic mass is 19.4. The Morgan fingerprint density at radius 1 is 0.857 bits per heavy atom. The van der Waals surface area contributed by atoms with Crippen molar-refractivity contribution in [2.45, 2.75) is 12.2 Å². The number of alkyl halides is 3. The molecular formula is C14H8F5NO. The molecule has 0 amide bonds. The van der Waals surface area contributed by atoms with Gasteiger partial charge in [-0.25, -0.2) is 8.78 Å². The zero-order valence-corrected chi connectivity index (χ0v) is 10.4. The molecule has 2 rings (SSSR count). The van der Waals surface area contributed by atoms with Crippen LogP contribution in [0.15, 0.2) is 47.6 Å². The molecule has 0 aromatic heterocycles. The van der Waals surface area contributed by atoms with Crippen LogP contribution in [0.3, 0.4) is 0 Å². The predicted molar refractivity (Wildman–Crippen MR) is 65.4 cm³/mol. The first-order valence-electron chi connectivity index (χ1n) is 5.77. The average Bonchev–Trinajstić information content (AvgIpc) is 2.40. The second-order valence-electron chi connectivity index (χ2n) is 4.33. The molecule has 0 aliphatic heterocycles. The number of nitroso groups, excluding NO2 is 1. The number of hydrogen-bond donors (Lipinski definition) is 0. The minimum absolute atomic E-state index is 0.171. The van der Waals surface area contributed by atoms with E-state index in [0.717, 1.165) is 18.2 Å². The van der Waals surface area contributed by atoms with Gasteiger partial charge in [-0.2, -0.15) is 13.2 Å². The molecule has 0 spiro atoms. The van der Waals surface area contributed by atoms with Gasteiger partial charge in [-0.05, 0) is 41.5 Å². The van der Waals surface area contributed by atoms with Crippen molar-refractivity contribution in [1.29, 1.82) is 0 Å². The van der Waals surface area contributed by atoms with Gasteiger partial charge in [0.1, 0.15) is 17.7 Å². The topological polar surface area (TPSA) is 29.4 Å². The fourth-order valence-corrected chi connectivity index (χ4v) is 1.89. The third kappa shape index (κ3) is 3.42. The summed E-state index contributed by atoms with van der Waals surface area (Å²) in [5.74, 6) is -1.70. The van der Waals surface area contributed by atoms with Crippen molar-refractivity contribution >= 4 is 0 Å². The standard InChI is InChI=1S/C14H8F5NO/c15-11-3-1-8(2-4-11)13(20-21)9-5-10(14(17,18)19)7-12(16)6-9/h1-7,13H. The van der Waals surface area contributed by atoms with Crippen molar-refractivity contribution in [1.82, 2.24) is 0 Å². The zero-order chi connectivity index (χ0) is 15.6. The van der Waals surface area contributed by atoms with Gasteiger partial charge in [0.2, 0.25) is 0 Å². The molecule has 0 saturated heterocycles. The molecule has 0 fully saturated rings. The van der Waals surface area contributed by atoms with E-state index in [0.29, 0.717) is 12.1 Å². The summed E-state index contributed by atoms with van der Waals surface area (Å²) < 4.78 is 64.1. The molecule has 21 heavy (non-hydrogen) atoms. The van der Waals surface area contributed by atoms with Gasteiger partial charge in [0, 0.05) is 0 Å². The molecule has 0 aliphatic carbocycles. The van der Waals surface area contributed by atoms with Crippen LogP contribution in [-0.2, 0) is 6.18 Å². The van der Waals surface area contributed by atoms with Gasteiger partial charge in [-0.15, -0.1) is 4.91 Å². The Morgan fingerprint density at radius 2 is 1.48 bits per heavy atom. The number of nitrogens with zero attached hydrogens (tertiary/aromatic N) is 1. The minimum Gasteiger partial charge on any atom is -0.207 e. The van der Waals surface area contributed by atoms with Crippen molar-refractivity contribution in [2.24, 2.45) is 5.18 Å². The van der Waals surface area contributed by atoms with Gasteiger partial charge in [-0.1, -0.05) is 17.3 Å². The van der Waals surface area contributed by atoms with Crippen LogP contribution in [0, 0.1) is 16.5 Å². The average molecular weight is 301 g/mol. The molecule has 2 aromatic rings. The summed E-state index contributed by atoms with van der Waals surface area (Å²) in [4.78, 5) is 10.9. The second kappa shape index (κ2) is 5.59. The number of halogens is 5. The van der Waals surface area contributed by atoms with Crippen LogP contribution < -0.4 is 0 Å². The summed E-state index contributed by atoms with van der Waals surface area (Å²) >= 11 is 0. The normalized spacial score (nSPS) is 13.0. The molecule has 1 atom stereocenters.